The van der Waals surface area contributed by atoms with Crippen LogP contribution < -0.4 is 10.0 Å². The summed E-state index contributed by atoms with van der Waals surface area (Å²) < 4.78 is 132. The Bertz CT molecular complexity index is 2790. The molecule has 1 unspecified atom stereocenters. The number of alkyl halides is 5. The Morgan fingerprint density at radius 3 is 2.45 bits per heavy atom. The van der Waals surface area contributed by atoms with Gasteiger partial charge in [0.05, 0.1) is 34.1 Å². The van der Waals surface area contributed by atoms with E-state index in [2.05, 4.69) is 37.1 Å². The lowest BCUT2D eigenvalue weighted by Crippen LogP contribution is -2.36. The molecule has 56 heavy (non-hydrogen) atoms. The van der Waals surface area contributed by atoms with Crippen molar-refractivity contribution in [2.45, 2.75) is 41.4 Å². The third-order valence-electron chi connectivity index (χ3n) is 9.33. The van der Waals surface area contributed by atoms with Gasteiger partial charge in [0, 0.05) is 35.2 Å². The molecule has 0 aliphatic heterocycles. The van der Waals surface area contributed by atoms with E-state index in [-0.39, 0.29) is 29.1 Å². The molecular formula is C35H25F7N8O3S3. The van der Waals surface area contributed by atoms with Crippen molar-refractivity contribution in [3.63, 3.8) is 0 Å². The smallest absolute Gasteiger partial charge is 0.346 e. The van der Waals surface area contributed by atoms with E-state index in [1.165, 1.54) is 27.8 Å². The Morgan fingerprint density at radius 1 is 1.07 bits per heavy atom. The van der Waals surface area contributed by atoms with Gasteiger partial charge in [0.15, 0.2) is 21.5 Å². The van der Waals surface area contributed by atoms with Crippen LogP contribution in [0.15, 0.2) is 46.8 Å². The summed E-state index contributed by atoms with van der Waals surface area (Å²) in [5.41, 5.74) is -1.87. The Labute approximate surface area is 320 Å². The molecule has 0 radical (unpaired) electrons. The second kappa shape index (κ2) is 13.2. The number of rotatable bonds is 10. The minimum atomic E-state index is -5.13. The predicted octanol–water partition coefficient (Wildman–Crippen LogP) is 6.75. The van der Waals surface area contributed by atoms with Crippen molar-refractivity contribution >= 4 is 66.1 Å². The quantitative estimate of drug-likeness (QED) is 0.0879. The van der Waals surface area contributed by atoms with E-state index in [1.807, 2.05) is 0 Å². The molecule has 3 atom stereocenters. The number of hydrogen-bond acceptors (Lipinski definition) is 9. The summed E-state index contributed by atoms with van der Waals surface area (Å²) >= 11 is 2.63. The molecule has 290 valence electrons. The number of carbonyl (C=O) groups is 1. The molecule has 6 aromatic rings. The maximum absolute atomic E-state index is 15.5. The van der Waals surface area contributed by atoms with Crippen molar-refractivity contribution in [2.24, 2.45) is 13.0 Å². The first kappa shape index (κ1) is 37.7. The molecule has 8 rings (SSSR count). The summed E-state index contributed by atoms with van der Waals surface area (Å²) in [6, 6.07) is 8.03. The molecule has 0 fully saturated rings. The van der Waals surface area contributed by atoms with Gasteiger partial charge < -0.3 is 5.32 Å². The fraction of sp³-hybridized carbons (Fsp3) is 0.286. The SMILES string of the molecule is CSc1nc2nc(C(Cc3cc(F)cc(F)c3)NC(=O)Cn3nc(C(F)(F)F)c4c3C(F)(F)[C@@H]3C#C[C@H]43)c(-c3cccc4c(NS(C)(=O)=O)nn(C)c34)cc2s1. The number of aryl methyl sites for hydroxylation is 1. The number of carbonyl (C=O) groups excluding carboxylic acids is 1. The number of fused-ring (bicyclic) bond motifs is 5. The van der Waals surface area contributed by atoms with Crippen LogP contribution in [-0.4, -0.2) is 56.4 Å². The number of nitrogens with zero attached hydrogens (tertiary/aromatic N) is 6. The van der Waals surface area contributed by atoms with E-state index in [0.717, 1.165) is 18.4 Å². The van der Waals surface area contributed by atoms with Crippen molar-refractivity contribution in [3.05, 3.63) is 82.3 Å². The molecule has 2 aromatic carbocycles. The fourth-order valence-electron chi connectivity index (χ4n) is 7.17. The normalized spacial score (nSPS) is 17.6. The highest BCUT2D eigenvalue weighted by Crippen LogP contribution is 2.58. The lowest BCUT2D eigenvalue weighted by Gasteiger charge is -2.24. The third kappa shape index (κ3) is 6.52. The summed E-state index contributed by atoms with van der Waals surface area (Å²) in [6.45, 7) is -1.09. The molecular weight excluding hydrogens is 810 g/mol. The molecule has 1 amide bonds. The highest BCUT2D eigenvalue weighted by Gasteiger charge is 2.62. The summed E-state index contributed by atoms with van der Waals surface area (Å²) in [6.07, 6.45) is -2.71. The van der Waals surface area contributed by atoms with Crippen molar-refractivity contribution in [2.75, 3.05) is 17.2 Å². The van der Waals surface area contributed by atoms with Crippen LogP contribution >= 0.6 is 23.1 Å². The minimum absolute atomic E-state index is 0.0191. The number of halogens is 7. The van der Waals surface area contributed by atoms with Crippen LogP contribution in [0.2, 0.25) is 0 Å². The standard InChI is InChI=1S/C35H25F7N8O3S3/c1-49-28-18(5-4-6-20(28)31(47-49)48-56(3,52)53)21-13-24-32(45-33(54-2)55-24)44-27(21)23(11-15-9-16(36)12-17(37)10-15)43-25(51)14-50-30-26(29(46-50)35(40,41)42)19-7-8-22(19)34(30,38)39/h4-6,9-10,12-13,19,22-23H,11,14H2,1-3H3,(H,43,51)(H,47,48)/t19-,22+,23?/m0/s1. The molecule has 0 bridgehead atoms. The lowest BCUT2D eigenvalue weighted by molar-refractivity contribution is -0.142. The first-order valence-corrected chi connectivity index (χ1v) is 20.4. The number of benzene rings is 2. The first-order valence-electron chi connectivity index (χ1n) is 16.4. The number of para-hydroxylation sites is 1. The van der Waals surface area contributed by atoms with Crippen LogP contribution in [0.5, 0.6) is 0 Å². The first-order chi connectivity index (χ1) is 26.3. The van der Waals surface area contributed by atoms with Gasteiger partial charge in [-0.1, -0.05) is 35.7 Å². The number of amides is 1. The highest BCUT2D eigenvalue weighted by molar-refractivity contribution is 8.00. The maximum atomic E-state index is 15.5. The number of anilines is 1. The van der Waals surface area contributed by atoms with Gasteiger partial charge >= 0.3 is 12.1 Å². The van der Waals surface area contributed by atoms with E-state index in [9.17, 15) is 35.2 Å². The number of aromatic nitrogens is 6. The van der Waals surface area contributed by atoms with E-state index in [0.29, 0.717) is 41.8 Å². The van der Waals surface area contributed by atoms with Crippen molar-refractivity contribution in [1.82, 2.24) is 34.8 Å². The van der Waals surface area contributed by atoms with E-state index in [4.69, 9.17) is 4.98 Å². The Morgan fingerprint density at radius 2 is 1.80 bits per heavy atom. The Balaban J connectivity index is 1.28. The zero-order valence-corrected chi connectivity index (χ0v) is 31.4. The maximum Gasteiger partial charge on any atom is 0.435 e. The molecule has 4 aromatic heterocycles. The monoisotopic (exact) mass is 834 g/mol. The van der Waals surface area contributed by atoms with Crippen LogP contribution in [0.1, 0.15) is 40.2 Å². The van der Waals surface area contributed by atoms with Gasteiger partial charge in [-0.2, -0.15) is 32.1 Å². The summed E-state index contributed by atoms with van der Waals surface area (Å²) in [5.74, 6) is -5.29. The molecule has 0 saturated carbocycles. The lowest BCUT2D eigenvalue weighted by atomic mass is 9.84. The second-order valence-corrected chi connectivity index (χ2v) is 17.0. The number of nitrogens with one attached hydrogen (secondary N) is 2. The summed E-state index contributed by atoms with van der Waals surface area (Å²) in [5, 5.41) is 10.8. The van der Waals surface area contributed by atoms with Gasteiger partial charge in [-0.15, -0.1) is 11.3 Å². The molecule has 0 spiro atoms. The van der Waals surface area contributed by atoms with Gasteiger partial charge in [-0.25, -0.2) is 27.2 Å². The second-order valence-electron chi connectivity index (χ2n) is 13.2. The predicted molar refractivity (Wildman–Crippen MR) is 193 cm³/mol. The van der Waals surface area contributed by atoms with E-state index >= 15 is 8.78 Å². The number of thioether (sulfide) groups is 1. The Kier molecular flexibility index (Phi) is 8.89. The van der Waals surface area contributed by atoms with Crippen LogP contribution in [0.4, 0.5) is 36.6 Å². The van der Waals surface area contributed by atoms with Crippen molar-refractivity contribution in [3.8, 4) is 23.0 Å². The average molecular weight is 835 g/mol. The van der Waals surface area contributed by atoms with Crippen molar-refractivity contribution < 1.29 is 43.9 Å². The van der Waals surface area contributed by atoms with E-state index < -0.39 is 81.0 Å². The summed E-state index contributed by atoms with van der Waals surface area (Å²) in [4.78, 5) is 23.3. The van der Waals surface area contributed by atoms with E-state index in [1.54, 1.807) is 37.6 Å². The van der Waals surface area contributed by atoms with Gasteiger partial charge in [0.25, 0.3) is 0 Å². The third-order valence-corrected chi connectivity index (χ3v) is 11.9. The van der Waals surface area contributed by atoms with Gasteiger partial charge in [0.1, 0.15) is 29.8 Å². The average Bonchev–Trinajstić information content (AvgIpc) is 3.77. The topological polar surface area (TPSA) is 137 Å². The molecule has 2 aliphatic rings. The number of hydrogen-bond donors (Lipinski definition) is 2. The zero-order valence-electron chi connectivity index (χ0n) is 29.0. The number of thiazole rings is 1. The highest BCUT2D eigenvalue weighted by atomic mass is 32.2. The zero-order chi connectivity index (χ0) is 40.1. The van der Waals surface area contributed by atoms with Crippen LogP contribution in [0.25, 0.3) is 32.4 Å². The number of pyridine rings is 1. The van der Waals surface area contributed by atoms with Crippen LogP contribution in [0, 0.1) is 29.4 Å². The summed E-state index contributed by atoms with van der Waals surface area (Å²) in [7, 11) is -2.19. The fourth-order valence-corrected chi connectivity index (χ4v) is 9.13. The Hall–Kier alpha value is -5.20. The molecule has 11 nitrogen and oxygen atoms in total. The molecule has 2 N–H and O–H groups in total. The van der Waals surface area contributed by atoms with Crippen LogP contribution in [-0.2, 0) is 46.9 Å². The van der Waals surface area contributed by atoms with Crippen LogP contribution in [0.3, 0.4) is 0 Å². The minimum Gasteiger partial charge on any atom is -0.346 e. The van der Waals surface area contributed by atoms with Gasteiger partial charge in [0.2, 0.25) is 15.9 Å². The van der Waals surface area contributed by atoms with Gasteiger partial charge in [-0.05, 0) is 42.5 Å². The molecule has 2 aliphatic carbocycles. The van der Waals surface area contributed by atoms with Gasteiger partial charge in [-0.3, -0.25) is 18.9 Å². The molecule has 21 heteroatoms. The van der Waals surface area contributed by atoms with Crippen molar-refractivity contribution in [1.29, 1.82) is 0 Å². The molecule has 0 saturated heterocycles. The largest absolute Gasteiger partial charge is 0.435 e. The molecule has 4 heterocycles. The number of sulfonamides is 1.